The molecule has 2 aliphatic carbocycles. The summed E-state index contributed by atoms with van der Waals surface area (Å²) in [5, 5.41) is 37.2. The molecule has 148 heavy (non-hydrogen) atoms. The van der Waals surface area contributed by atoms with Crippen molar-refractivity contribution in [1.29, 1.82) is 0 Å². The van der Waals surface area contributed by atoms with Gasteiger partial charge in [-0.1, -0.05) is 218 Å². The molecule has 12 atom stereocenters. The molecule has 0 bridgehead atoms. The minimum absolute atomic E-state index is 0. The molecule has 0 unspecified atom stereocenters. The van der Waals surface area contributed by atoms with Gasteiger partial charge < -0.3 is 98.2 Å². The SMILES string of the molecule is C.C=C1N[C@@H](CC2CCC2)C(=O)N[C@H]1Cc1ccc(N)cc1.C=C1N[C@@H](Cc2ccc(Cl)cc2)C(=O)N[C@H]1Cc1ccc(N)cc1.C=C1N[C@@H](Cc2ccc(F)cc2)C(=O)N[C@H]1Cc1ccc(N)cc1.C=C1N[C@@H](Cc2ccccc2)C(=O)N[C@H]1Cc1ccc(N)cc1.NCCCC[C@@H]1NC(=O)[C@H](Cc2ccc(F)cc2)NC1=O.Nc1ccc(C[C@@H]2NC(=O)[C@H](CC3CCCC3)NC2=O)cc1.S.S.S.S.S.S.S.S.S.S.S.S. The minimum Gasteiger partial charge on any atom is -0.399 e. The van der Waals surface area contributed by atoms with Crippen LogP contribution in [0.2, 0.25) is 5.02 Å². The first kappa shape index (κ1) is 140. The number of benzene rings is 9. The molecular weight excluding hydrogens is 2120 g/mol. The Morgan fingerprint density at radius 2 is 0.446 bits per heavy atom. The predicted octanol–water partition coefficient (Wildman–Crippen LogP) is 12.7. The van der Waals surface area contributed by atoms with Gasteiger partial charge in [0.1, 0.15) is 60.0 Å². The van der Waals surface area contributed by atoms with Crippen LogP contribution in [0.3, 0.4) is 0 Å². The van der Waals surface area contributed by atoms with Gasteiger partial charge in [-0.05, 0) is 223 Å². The summed E-state index contributed by atoms with van der Waals surface area (Å²) in [6.45, 7) is 16.9. The highest BCUT2D eigenvalue weighted by Gasteiger charge is 2.39. The van der Waals surface area contributed by atoms with Gasteiger partial charge in [0, 0.05) is 88.4 Å². The average molecular weight is 2280 g/mol. The maximum Gasteiger partial charge on any atom is 0.243 e. The molecule has 6 heterocycles. The lowest BCUT2D eigenvalue weighted by molar-refractivity contribution is -0.137. The Balaban J connectivity index is 0. The third kappa shape index (κ3) is 44.6. The van der Waals surface area contributed by atoms with Crippen molar-refractivity contribution in [2.45, 2.75) is 215 Å². The van der Waals surface area contributed by atoms with Gasteiger partial charge in [0.15, 0.2) is 0 Å². The first-order chi connectivity index (χ1) is 65.0. The molecule has 9 aromatic rings. The van der Waals surface area contributed by atoms with Gasteiger partial charge in [0.2, 0.25) is 47.3 Å². The summed E-state index contributed by atoms with van der Waals surface area (Å²) in [5.74, 6) is 0.200. The number of piperazine rings is 6. The van der Waals surface area contributed by atoms with E-state index < -0.39 is 24.2 Å². The number of unbranched alkanes of at least 4 members (excludes halogenated alkanes) is 1. The fraction of sp³-hybridized carbons (Fsp3) is 0.346. The highest BCUT2D eigenvalue weighted by molar-refractivity contribution is 7.60. The van der Waals surface area contributed by atoms with E-state index in [9.17, 15) is 47.1 Å². The minimum atomic E-state index is -0.603. The van der Waals surface area contributed by atoms with E-state index in [4.69, 9.17) is 46.0 Å². The highest BCUT2D eigenvalue weighted by atomic mass is 35.5. The zero-order valence-corrected chi connectivity index (χ0v) is 94.9. The molecule has 9 aromatic carbocycles. The van der Waals surface area contributed by atoms with E-state index in [1.165, 1.54) is 69.2 Å². The largest absolute Gasteiger partial charge is 0.399 e. The van der Waals surface area contributed by atoms with Gasteiger partial charge in [-0.25, -0.2) is 8.78 Å². The van der Waals surface area contributed by atoms with Crippen molar-refractivity contribution < 1.29 is 47.1 Å². The number of hydrogen-bond acceptors (Lipinski definition) is 18. The number of anilines is 5. The van der Waals surface area contributed by atoms with Crippen molar-refractivity contribution >= 4 is 249 Å². The molecule has 0 radical (unpaired) electrons. The summed E-state index contributed by atoms with van der Waals surface area (Å²) in [7, 11) is 0. The van der Waals surface area contributed by atoms with Crippen LogP contribution in [-0.4, -0.2) is 126 Å². The summed E-state index contributed by atoms with van der Waals surface area (Å²) in [5.41, 5.74) is 50.2. The van der Waals surface area contributed by atoms with Gasteiger partial charge in [0.25, 0.3) is 0 Å². The number of nitrogen functional groups attached to an aromatic ring is 5. The summed E-state index contributed by atoms with van der Waals surface area (Å²) >= 11 is 5.90. The van der Waals surface area contributed by atoms with E-state index in [0.29, 0.717) is 92.6 Å². The zero-order valence-electron chi connectivity index (χ0n) is 82.2. The Hall–Kier alpha value is -9.79. The van der Waals surface area contributed by atoms with Crippen molar-refractivity contribution in [2.75, 3.05) is 35.2 Å². The average Bonchev–Trinajstić information content (AvgIpc) is 1.67. The van der Waals surface area contributed by atoms with Crippen LogP contribution in [-0.2, 0) is 96.1 Å². The highest BCUT2D eigenvalue weighted by Crippen LogP contribution is 2.33. The Kier molecular flexibility index (Phi) is 66.7. The van der Waals surface area contributed by atoms with Gasteiger partial charge in [-0.3, -0.25) is 38.4 Å². The molecule has 0 aromatic heterocycles. The molecule has 8 aliphatic rings. The number of carbonyl (C=O) groups excluding carboxylic acids is 8. The molecule has 8 amide bonds. The summed E-state index contributed by atoms with van der Waals surface area (Å²) < 4.78 is 25.8. The second-order valence-electron chi connectivity index (χ2n) is 36.0. The Morgan fingerprint density at radius 1 is 0.250 bits per heavy atom. The molecule has 26 nitrogen and oxygen atoms in total. The van der Waals surface area contributed by atoms with Crippen LogP contribution in [0.15, 0.2) is 274 Å². The topological polar surface area (TPSA) is 437 Å². The quantitative estimate of drug-likeness (QED) is 0.0177. The number of hydrogen-bond donors (Lipinski definition) is 18. The summed E-state index contributed by atoms with van der Waals surface area (Å²) in [6.07, 6.45) is 18.0. The number of rotatable bonds is 26. The molecule has 0 spiro atoms. The van der Waals surface area contributed by atoms with E-state index in [1.807, 2.05) is 164 Å². The first-order valence-corrected chi connectivity index (χ1v) is 46.8. The second-order valence-corrected chi connectivity index (χ2v) is 36.4. The molecule has 2 saturated carbocycles. The summed E-state index contributed by atoms with van der Waals surface area (Å²) in [4.78, 5) is 97.8. The summed E-state index contributed by atoms with van der Waals surface area (Å²) in [6, 6.07) is 64.2. The lowest BCUT2D eigenvalue weighted by Gasteiger charge is -2.36. The fourth-order valence-corrected chi connectivity index (χ4v) is 17.4. The molecule has 24 N–H and O–H groups in total. The maximum atomic E-state index is 13.0. The number of carbonyl (C=O) groups is 8. The third-order valence-electron chi connectivity index (χ3n) is 25.4. The Labute approximate surface area is 959 Å². The number of halogens is 3. The monoisotopic (exact) mass is 2280 g/mol. The molecule has 6 aliphatic heterocycles. The maximum absolute atomic E-state index is 13.0. The van der Waals surface area contributed by atoms with Crippen molar-refractivity contribution in [3.63, 3.8) is 0 Å². The Morgan fingerprint density at radius 3 is 0.709 bits per heavy atom. The zero-order chi connectivity index (χ0) is 96.0. The van der Waals surface area contributed by atoms with Crippen molar-refractivity contribution in [3.05, 3.63) is 340 Å². The van der Waals surface area contributed by atoms with Crippen LogP contribution in [0.25, 0.3) is 0 Å². The van der Waals surface area contributed by atoms with Gasteiger partial charge in [-0.2, -0.15) is 162 Å². The van der Waals surface area contributed by atoms with Crippen molar-refractivity contribution in [2.24, 2.45) is 17.6 Å². The van der Waals surface area contributed by atoms with Crippen LogP contribution in [0.4, 0.5) is 37.2 Å². The molecule has 8 fully saturated rings. The van der Waals surface area contributed by atoms with Gasteiger partial charge in [-0.15, -0.1) is 0 Å². The van der Waals surface area contributed by atoms with Gasteiger partial charge >= 0.3 is 0 Å². The number of nitrogens with two attached hydrogens (primary N) is 6. The molecule has 814 valence electrons. The van der Waals surface area contributed by atoms with E-state index in [2.05, 4.69) is 90.1 Å². The van der Waals surface area contributed by atoms with Crippen LogP contribution in [0.5, 0.6) is 0 Å². The molecule has 17 rings (SSSR count). The standard InChI is InChI=1S/C19H20ClN3O.C19H20FN3O.C19H21N3O.C17H23N3O2.C17H23N3O.C15H20FN3O2.CH4.12H2S/c2*1-12-17(10-14-4-8-16(21)9-5-14)23-19(24)18(22-12)11-13-2-6-15(20)7-3-13;1-13-17(11-15-7-9-16(20)10-8-15)22-19(23)18(21-13)12-14-5-3-2-4-6-14;18-13-7-5-12(6-8-13)10-15-17(22)19-14(16(21)20-15)9-11-3-1-2-4-11;1-11-15(9-13-5-7-14(18)8-6-13)20-17(21)16(19-11)10-12-3-2-4-12;16-11-6-4-10(5-7-11)9-13-15(21)18-12(14(20)19-13)3-1-2-8-17;;;;;;;;;;;;;/h2*2-9,17-18,22H,1,10-11,21H2,(H,23,24);2-10,17-18,21H,1,11-12,20H2,(H,22,23);5-8,11,14-15H,1-4,9-10,18H2,(H,19,22)(H,20,21);5-8,12,15-16,19H,1-4,9-10,18H2,(H,20,21);4-7,12-13H,1-3,8-9,17H2,(H,18,21)(H,19,20);1H4;12*1H2/t3*17-,18-;14-,15-;15-,16-;12-,13-;;;;;;;;;;;;;/m000000............./s1. The van der Waals surface area contributed by atoms with Crippen molar-refractivity contribution in [3.8, 4) is 0 Å². The number of amides is 8. The molecule has 6 saturated heterocycles. The van der Waals surface area contributed by atoms with Crippen molar-refractivity contribution in [1.82, 2.24) is 63.8 Å². The van der Waals surface area contributed by atoms with E-state index in [1.54, 1.807) is 36.4 Å². The second kappa shape index (κ2) is 70.4. The van der Waals surface area contributed by atoms with Crippen LogP contribution in [0, 0.1) is 23.5 Å². The smallest absolute Gasteiger partial charge is 0.243 e. The van der Waals surface area contributed by atoms with Crippen LogP contribution in [0.1, 0.15) is 135 Å². The van der Waals surface area contributed by atoms with E-state index in [-0.39, 0.29) is 277 Å². The van der Waals surface area contributed by atoms with Crippen LogP contribution < -0.4 is 98.2 Å². The predicted molar refractivity (Wildman–Crippen MR) is 661 cm³/mol. The first-order valence-electron chi connectivity index (χ1n) is 46.4. The lowest BCUT2D eigenvalue weighted by atomic mass is 9.80. The van der Waals surface area contributed by atoms with E-state index >= 15 is 0 Å². The third-order valence-corrected chi connectivity index (χ3v) is 25.7. The molecule has 41 heteroatoms. The fourth-order valence-electron chi connectivity index (χ4n) is 17.3. The van der Waals surface area contributed by atoms with Gasteiger partial charge in [0.05, 0.1) is 24.2 Å². The van der Waals surface area contributed by atoms with E-state index in [0.717, 1.165) is 122 Å². The number of nitrogens with one attached hydrogen (secondary N) is 12. The normalized spacial score (nSPS) is 20.4. The lowest BCUT2D eigenvalue weighted by Crippen LogP contribution is -2.62. The molecular formula is C107H155ClF2N18O8S12. The Bertz CT molecular complexity index is 5320. The van der Waals surface area contributed by atoms with Crippen LogP contribution >= 0.6 is 174 Å².